The molecule has 0 radical (unpaired) electrons. The molecule has 1 aliphatic carbocycles. The standard InChI is InChI=1S/C18H21NO2/c1-2-20-17-5-3-4-6-18(17)21-16-11-7-14(8-12-16)13-19-15-9-10-15/h3-8,11-12,15,19H,2,9-10,13H2,1H3. The second-order valence-corrected chi connectivity index (χ2v) is 5.28. The first-order chi connectivity index (χ1) is 10.3. The molecule has 2 aromatic rings. The highest BCUT2D eigenvalue weighted by Crippen LogP contribution is 2.31. The van der Waals surface area contributed by atoms with E-state index >= 15 is 0 Å². The summed E-state index contributed by atoms with van der Waals surface area (Å²) in [5.41, 5.74) is 1.28. The van der Waals surface area contributed by atoms with Crippen LogP contribution < -0.4 is 14.8 Å². The third-order valence-electron chi connectivity index (χ3n) is 3.47. The van der Waals surface area contributed by atoms with Crippen LogP contribution in [0.15, 0.2) is 48.5 Å². The van der Waals surface area contributed by atoms with Crippen molar-refractivity contribution in [3.05, 3.63) is 54.1 Å². The van der Waals surface area contributed by atoms with Crippen molar-refractivity contribution in [2.45, 2.75) is 32.4 Å². The highest BCUT2D eigenvalue weighted by Gasteiger charge is 2.19. The number of hydrogen-bond donors (Lipinski definition) is 1. The minimum atomic E-state index is 0.631. The van der Waals surface area contributed by atoms with Crippen LogP contribution in [0.1, 0.15) is 25.3 Å². The molecule has 0 atom stereocenters. The van der Waals surface area contributed by atoms with E-state index in [2.05, 4.69) is 17.4 Å². The smallest absolute Gasteiger partial charge is 0.169 e. The van der Waals surface area contributed by atoms with Gasteiger partial charge in [-0.15, -0.1) is 0 Å². The van der Waals surface area contributed by atoms with Crippen molar-refractivity contribution in [2.75, 3.05) is 6.61 Å². The van der Waals surface area contributed by atoms with Crippen LogP contribution in [0.4, 0.5) is 0 Å². The Balaban J connectivity index is 1.64. The summed E-state index contributed by atoms with van der Waals surface area (Å²) in [4.78, 5) is 0. The molecular weight excluding hydrogens is 262 g/mol. The fourth-order valence-corrected chi connectivity index (χ4v) is 2.16. The van der Waals surface area contributed by atoms with Gasteiger partial charge in [-0.05, 0) is 49.6 Å². The Bertz CT molecular complexity index is 576. The summed E-state index contributed by atoms with van der Waals surface area (Å²) < 4.78 is 11.5. The van der Waals surface area contributed by atoms with E-state index < -0.39 is 0 Å². The van der Waals surface area contributed by atoms with Crippen LogP contribution in [-0.2, 0) is 6.54 Å². The molecule has 0 amide bonds. The lowest BCUT2D eigenvalue weighted by Gasteiger charge is -2.11. The lowest BCUT2D eigenvalue weighted by atomic mass is 10.2. The zero-order valence-corrected chi connectivity index (χ0v) is 12.3. The Morgan fingerprint density at radius 2 is 1.71 bits per heavy atom. The second-order valence-electron chi connectivity index (χ2n) is 5.28. The number of rotatable bonds is 7. The van der Waals surface area contributed by atoms with Gasteiger partial charge in [-0.2, -0.15) is 0 Å². The van der Waals surface area contributed by atoms with Gasteiger partial charge in [0.25, 0.3) is 0 Å². The van der Waals surface area contributed by atoms with Crippen molar-refractivity contribution >= 4 is 0 Å². The maximum absolute atomic E-state index is 5.91. The molecule has 3 nitrogen and oxygen atoms in total. The van der Waals surface area contributed by atoms with Crippen LogP contribution in [0.2, 0.25) is 0 Å². The van der Waals surface area contributed by atoms with Crippen LogP contribution in [0.5, 0.6) is 17.2 Å². The van der Waals surface area contributed by atoms with E-state index in [9.17, 15) is 0 Å². The highest BCUT2D eigenvalue weighted by atomic mass is 16.5. The third-order valence-corrected chi connectivity index (χ3v) is 3.47. The molecule has 1 aliphatic rings. The van der Waals surface area contributed by atoms with Gasteiger partial charge in [0.2, 0.25) is 0 Å². The Labute approximate surface area is 125 Å². The van der Waals surface area contributed by atoms with Crippen LogP contribution in [0, 0.1) is 0 Å². The largest absolute Gasteiger partial charge is 0.490 e. The summed E-state index contributed by atoms with van der Waals surface area (Å²) in [5, 5.41) is 3.51. The maximum atomic E-state index is 5.91. The first-order valence-corrected chi connectivity index (χ1v) is 7.57. The lowest BCUT2D eigenvalue weighted by molar-refractivity contribution is 0.321. The van der Waals surface area contributed by atoms with Crippen molar-refractivity contribution < 1.29 is 9.47 Å². The SMILES string of the molecule is CCOc1ccccc1Oc1ccc(CNC2CC2)cc1. The predicted molar refractivity (Wildman–Crippen MR) is 84.0 cm³/mol. The molecule has 3 heteroatoms. The Morgan fingerprint density at radius 1 is 1.00 bits per heavy atom. The fourth-order valence-electron chi connectivity index (χ4n) is 2.16. The summed E-state index contributed by atoms with van der Waals surface area (Å²) in [5.74, 6) is 2.36. The van der Waals surface area contributed by atoms with Crippen molar-refractivity contribution in [1.82, 2.24) is 5.32 Å². The van der Waals surface area contributed by atoms with Gasteiger partial charge in [-0.25, -0.2) is 0 Å². The molecule has 21 heavy (non-hydrogen) atoms. The summed E-state index contributed by atoms with van der Waals surface area (Å²) in [6.45, 7) is 3.53. The average Bonchev–Trinajstić information content (AvgIpc) is 3.33. The minimum absolute atomic E-state index is 0.631. The van der Waals surface area contributed by atoms with Crippen LogP contribution in [0.25, 0.3) is 0 Å². The van der Waals surface area contributed by atoms with Gasteiger partial charge in [0, 0.05) is 12.6 Å². The number of nitrogens with one attached hydrogen (secondary N) is 1. The number of para-hydroxylation sites is 2. The first kappa shape index (κ1) is 14.0. The van der Waals surface area contributed by atoms with Crippen LogP contribution >= 0.6 is 0 Å². The van der Waals surface area contributed by atoms with E-state index in [0.717, 1.165) is 29.8 Å². The van der Waals surface area contributed by atoms with Crippen molar-refractivity contribution in [3.8, 4) is 17.2 Å². The Morgan fingerprint density at radius 3 is 2.38 bits per heavy atom. The second kappa shape index (κ2) is 6.64. The summed E-state index contributed by atoms with van der Waals surface area (Å²) in [6, 6.07) is 16.7. The fraction of sp³-hybridized carbons (Fsp3) is 0.333. The normalized spacial score (nSPS) is 14.0. The van der Waals surface area contributed by atoms with Crippen molar-refractivity contribution in [3.63, 3.8) is 0 Å². The van der Waals surface area contributed by atoms with E-state index in [1.807, 2.05) is 43.3 Å². The molecule has 0 heterocycles. The third kappa shape index (κ3) is 3.99. The summed E-state index contributed by atoms with van der Waals surface area (Å²) >= 11 is 0. The van der Waals surface area contributed by atoms with Gasteiger partial charge >= 0.3 is 0 Å². The Hall–Kier alpha value is -2.00. The zero-order chi connectivity index (χ0) is 14.5. The van der Waals surface area contributed by atoms with Crippen molar-refractivity contribution in [1.29, 1.82) is 0 Å². The number of benzene rings is 2. The molecule has 1 N–H and O–H groups in total. The molecule has 0 aromatic heterocycles. The van der Waals surface area contributed by atoms with E-state index in [1.165, 1.54) is 18.4 Å². The molecule has 0 saturated heterocycles. The summed E-state index contributed by atoms with van der Waals surface area (Å²) in [6.07, 6.45) is 2.63. The zero-order valence-electron chi connectivity index (χ0n) is 12.3. The average molecular weight is 283 g/mol. The topological polar surface area (TPSA) is 30.5 Å². The van der Waals surface area contributed by atoms with Gasteiger partial charge in [-0.3, -0.25) is 0 Å². The predicted octanol–water partition coefficient (Wildman–Crippen LogP) is 4.13. The molecule has 0 spiro atoms. The van der Waals surface area contributed by atoms with Gasteiger partial charge in [0.1, 0.15) is 5.75 Å². The molecule has 0 unspecified atom stereocenters. The van der Waals surface area contributed by atoms with Crippen molar-refractivity contribution in [2.24, 2.45) is 0 Å². The number of hydrogen-bond acceptors (Lipinski definition) is 3. The summed E-state index contributed by atoms with van der Waals surface area (Å²) in [7, 11) is 0. The first-order valence-electron chi connectivity index (χ1n) is 7.57. The maximum Gasteiger partial charge on any atom is 0.169 e. The molecule has 1 saturated carbocycles. The van der Waals surface area contributed by atoms with Gasteiger partial charge in [0.15, 0.2) is 11.5 Å². The quantitative estimate of drug-likeness (QED) is 0.828. The molecule has 1 fully saturated rings. The van der Waals surface area contributed by atoms with E-state index in [4.69, 9.17) is 9.47 Å². The molecule has 2 aromatic carbocycles. The lowest BCUT2D eigenvalue weighted by Crippen LogP contribution is -2.14. The van der Waals surface area contributed by atoms with E-state index in [1.54, 1.807) is 0 Å². The van der Waals surface area contributed by atoms with Gasteiger partial charge < -0.3 is 14.8 Å². The Kier molecular flexibility index (Phi) is 4.41. The van der Waals surface area contributed by atoms with E-state index in [-0.39, 0.29) is 0 Å². The van der Waals surface area contributed by atoms with Crippen LogP contribution in [0.3, 0.4) is 0 Å². The molecule has 0 aliphatic heterocycles. The van der Waals surface area contributed by atoms with Gasteiger partial charge in [-0.1, -0.05) is 24.3 Å². The van der Waals surface area contributed by atoms with Crippen LogP contribution in [-0.4, -0.2) is 12.6 Å². The molecule has 0 bridgehead atoms. The van der Waals surface area contributed by atoms with E-state index in [0.29, 0.717) is 6.61 Å². The highest BCUT2D eigenvalue weighted by molar-refractivity contribution is 5.43. The number of ether oxygens (including phenoxy) is 2. The minimum Gasteiger partial charge on any atom is -0.490 e. The molecule has 110 valence electrons. The molecular formula is C18H21NO2. The molecule has 3 rings (SSSR count). The monoisotopic (exact) mass is 283 g/mol. The van der Waals surface area contributed by atoms with Gasteiger partial charge in [0.05, 0.1) is 6.61 Å².